The lowest BCUT2D eigenvalue weighted by Crippen LogP contribution is -2.39. The highest BCUT2D eigenvalue weighted by Gasteiger charge is 2.22. The Morgan fingerprint density at radius 1 is 1.12 bits per heavy atom. The SMILES string of the molecule is C=C(C)C(=O)N(COCC(C)C)C(=O)C(=C)C. The smallest absolute Gasteiger partial charge is 0.257 e. The van der Waals surface area contributed by atoms with Gasteiger partial charge in [-0.25, -0.2) is 0 Å². The summed E-state index contributed by atoms with van der Waals surface area (Å²) in [5, 5.41) is 0. The van der Waals surface area contributed by atoms with Crippen LogP contribution in [0.4, 0.5) is 0 Å². The van der Waals surface area contributed by atoms with Gasteiger partial charge in [-0.3, -0.25) is 14.5 Å². The van der Waals surface area contributed by atoms with Crippen LogP contribution in [0.3, 0.4) is 0 Å². The molecule has 0 aromatic rings. The van der Waals surface area contributed by atoms with Crippen LogP contribution in [0.5, 0.6) is 0 Å². The Morgan fingerprint density at radius 3 is 1.82 bits per heavy atom. The molecule has 4 nitrogen and oxygen atoms in total. The summed E-state index contributed by atoms with van der Waals surface area (Å²) in [7, 11) is 0. The average Bonchev–Trinajstić information content (AvgIpc) is 2.21. The molecule has 0 bridgehead atoms. The van der Waals surface area contributed by atoms with Gasteiger partial charge in [0.15, 0.2) is 0 Å². The standard InChI is InChI=1S/C13H21NO3/c1-9(2)7-17-8-14(12(15)10(3)4)13(16)11(5)6/h9H,3,5,7-8H2,1-2,4,6H3. The molecule has 0 fully saturated rings. The number of carbonyl (C=O) groups excluding carboxylic acids is 2. The average molecular weight is 239 g/mol. The van der Waals surface area contributed by atoms with Crippen molar-refractivity contribution < 1.29 is 14.3 Å². The minimum Gasteiger partial charge on any atom is -0.360 e. The van der Waals surface area contributed by atoms with Gasteiger partial charge in [0.25, 0.3) is 11.8 Å². The lowest BCUT2D eigenvalue weighted by molar-refractivity contribution is -0.146. The zero-order valence-corrected chi connectivity index (χ0v) is 11.1. The van der Waals surface area contributed by atoms with Crippen LogP contribution in [0.15, 0.2) is 24.3 Å². The highest BCUT2D eigenvalue weighted by molar-refractivity contribution is 6.08. The third kappa shape index (κ3) is 5.45. The number of hydrogen-bond donors (Lipinski definition) is 0. The number of nitrogens with zero attached hydrogens (tertiary/aromatic N) is 1. The topological polar surface area (TPSA) is 46.6 Å². The summed E-state index contributed by atoms with van der Waals surface area (Å²) in [6.07, 6.45) is 0. The van der Waals surface area contributed by atoms with Gasteiger partial charge in [0.2, 0.25) is 0 Å². The van der Waals surface area contributed by atoms with Gasteiger partial charge in [0, 0.05) is 11.1 Å². The van der Waals surface area contributed by atoms with Gasteiger partial charge in [0.1, 0.15) is 6.73 Å². The molecule has 0 aromatic carbocycles. The van der Waals surface area contributed by atoms with Crippen LogP contribution in [0.2, 0.25) is 0 Å². The van der Waals surface area contributed by atoms with Crippen molar-refractivity contribution in [2.75, 3.05) is 13.3 Å². The van der Waals surface area contributed by atoms with E-state index < -0.39 is 11.8 Å². The third-order valence-corrected chi connectivity index (χ3v) is 1.89. The molecule has 0 aliphatic carbocycles. The van der Waals surface area contributed by atoms with E-state index in [9.17, 15) is 9.59 Å². The molecular formula is C13H21NO3. The van der Waals surface area contributed by atoms with Crippen molar-refractivity contribution in [3.05, 3.63) is 24.3 Å². The third-order valence-electron chi connectivity index (χ3n) is 1.89. The first-order valence-corrected chi connectivity index (χ1v) is 5.52. The molecule has 0 N–H and O–H groups in total. The van der Waals surface area contributed by atoms with Gasteiger partial charge in [-0.2, -0.15) is 0 Å². The number of imide groups is 1. The Labute approximate surface area is 103 Å². The van der Waals surface area contributed by atoms with Gasteiger partial charge in [-0.05, 0) is 19.8 Å². The molecule has 0 aliphatic rings. The summed E-state index contributed by atoms with van der Waals surface area (Å²) >= 11 is 0. The molecule has 2 amide bonds. The monoisotopic (exact) mass is 239 g/mol. The van der Waals surface area contributed by atoms with Crippen molar-refractivity contribution in [3.8, 4) is 0 Å². The summed E-state index contributed by atoms with van der Waals surface area (Å²) in [4.78, 5) is 24.5. The van der Waals surface area contributed by atoms with Crippen LogP contribution in [0, 0.1) is 5.92 Å². The highest BCUT2D eigenvalue weighted by Crippen LogP contribution is 2.05. The summed E-state index contributed by atoms with van der Waals surface area (Å²) in [6, 6.07) is 0. The number of ether oxygens (including phenoxy) is 1. The predicted octanol–water partition coefficient (Wildman–Crippen LogP) is 2.12. The summed E-state index contributed by atoms with van der Waals surface area (Å²) in [6.45, 7) is 14.6. The molecule has 0 rings (SSSR count). The van der Waals surface area contributed by atoms with E-state index in [-0.39, 0.29) is 6.73 Å². The molecule has 0 aromatic heterocycles. The van der Waals surface area contributed by atoms with Crippen LogP contribution in [-0.4, -0.2) is 30.1 Å². The highest BCUT2D eigenvalue weighted by atomic mass is 16.5. The molecular weight excluding hydrogens is 218 g/mol. The second-order valence-electron chi connectivity index (χ2n) is 4.49. The van der Waals surface area contributed by atoms with Gasteiger partial charge < -0.3 is 4.74 Å². The van der Waals surface area contributed by atoms with E-state index in [1.807, 2.05) is 13.8 Å². The van der Waals surface area contributed by atoms with Gasteiger partial charge in [-0.15, -0.1) is 0 Å². The Bertz CT molecular complexity index is 306. The normalized spacial score (nSPS) is 10.2. The Morgan fingerprint density at radius 2 is 1.53 bits per heavy atom. The maximum Gasteiger partial charge on any atom is 0.257 e. The first-order valence-electron chi connectivity index (χ1n) is 5.52. The number of amides is 2. The van der Waals surface area contributed by atoms with Crippen molar-refractivity contribution in [1.82, 2.24) is 4.90 Å². The van der Waals surface area contributed by atoms with Crippen molar-refractivity contribution in [2.24, 2.45) is 5.92 Å². The second kappa shape index (κ2) is 7.01. The van der Waals surface area contributed by atoms with Crippen molar-refractivity contribution in [1.29, 1.82) is 0 Å². The minimum atomic E-state index is -0.429. The first kappa shape index (κ1) is 15.6. The summed E-state index contributed by atoms with van der Waals surface area (Å²) < 4.78 is 5.30. The lowest BCUT2D eigenvalue weighted by atomic mass is 10.2. The van der Waals surface area contributed by atoms with Gasteiger partial charge in [-0.1, -0.05) is 27.0 Å². The molecule has 4 heteroatoms. The maximum atomic E-state index is 11.7. The predicted molar refractivity (Wildman–Crippen MR) is 67.1 cm³/mol. The van der Waals surface area contributed by atoms with Crippen LogP contribution < -0.4 is 0 Å². The number of rotatable bonds is 6. The fourth-order valence-electron chi connectivity index (χ4n) is 1.05. The maximum absolute atomic E-state index is 11.7. The van der Waals surface area contributed by atoms with E-state index >= 15 is 0 Å². The lowest BCUT2D eigenvalue weighted by Gasteiger charge is -2.21. The van der Waals surface area contributed by atoms with Gasteiger partial charge in [0.05, 0.1) is 6.61 Å². The van der Waals surface area contributed by atoms with E-state index in [1.54, 1.807) is 13.8 Å². The second-order valence-corrected chi connectivity index (χ2v) is 4.49. The fraction of sp³-hybridized carbons (Fsp3) is 0.538. The number of carbonyl (C=O) groups is 2. The Hall–Kier alpha value is -1.42. The number of hydrogen-bond acceptors (Lipinski definition) is 3. The minimum absolute atomic E-state index is 0.0600. The largest absolute Gasteiger partial charge is 0.360 e. The first-order chi connectivity index (χ1) is 7.77. The van der Waals surface area contributed by atoms with Crippen LogP contribution in [0.25, 0.3) is 0 Å². The van der Waals surface area contributed by atoms with Gasteiger partial charge >= 0.3 is 0 Å². The molecule has 0 atom stereocenters. The summed E-state index contributed by atoms with van der Waals surface area (Å²) in [5.41, 5.74) is 0.598. The van der Waals surface area contributed by atoms with E-state index in [1.165, 1.54) is 0 Å². The van der Waals surface area contributed by atoms with E-state index in [4.69, 9.17) is 4.74 Å². The molecule has 0 heterocycles. The van der Waals surface area contributed by atoms with Crippen LogP contribution in [-0.2, 0) is 14.3 Å². The molecule has 0 spiro atoms. The Kier molecular flexibility index (Phi) is 6.43. The Balaban J connectivity index is 4.63. The molecule has 0 radical (unpaired) electrons. The molecule has 0 aliphatic heterocycles. The molecule has 17 heavy (non-hydrogen) atoms. The molecule has 0 saturated heterocycles. The van der Waals surface area contributed by atoms with Crippen molar-refractivity contribution in [3.63, 3.8) is 0 Å². The fourth-order valence-corrected chi connectivity index (χ4v) is 1.05. The zero-order valence-electron chi connectivity index (χ0n) is 11.1. The van der Waals surface area contributed by atoms with E-state index in [0.717, 1.165) is 4.90 Å². The van der Waals surface area contributed by atoms with Crippen LogP contribution >= 0.6 is 0 Å². The molecule has 0 unspecified atom stereocenters. The quantitative estimate of drug-likeness (QED) is 0.527. The van der Waals surface area contributed by atoms with E-state index in [0.29, 0.717) is 23.7 Å². The van der Waals surface area contributed by atoms with E-state index in [2.05, 4.69) is 13.2 Å². The van der Waals surface area contributed by atoms with Crippen molar-refractivity contribution >= 4 is 11.8 Å². The van der Waals surface area contributed by atoms with Crippen molar-refractivity contribution in [2.45, 2.75) is 27.7 Å². The summed E-state index contributed by atoms with van der Waals surface area (Å²) in [5.74, 6) is -0.514. The molecule has 96 valence electrons. The molecule has 0 saturated carbocycles. The zero-order chi connectivity index (χ0) is 13.6. The van der Waals surface area contributed by atoms with Crippen LogP contribution in [0.1, 0.15) is 27.7 Å².